The Kier molecular flexibility index (Phi) is 3.15. The zero-order valence-electron chi connectivity index (χ0n) is 17.4. The Balaban J connectivity index is 1.50. The van der Waals surface area contributed by atoms with Crippen LogP contribution in [0.1, 0.15) is 71.6 Å². The molecule has 5 nitrogen and oxygen atoms in total. The number of fused-ring (bicyclic) bond motifs is 7. The molecule has 6 rings (SSSR count). The zero-order chi connectivity index (χ0) is 20.4. The summed E-state index contributed by atoms with van der Waals surface area (Å²) in [6.07, 6.45) is 7.52. The van der Waals surface area contributed by atoms with Gasteiger partial charge in [-0.3, -0.25) is 9.59 Å². The topological polar surface area (TPSA) is 93.2 Å². The molecule has 154 valence electrons. The number of hydrogen-bond donors (Lipinski definition) is 1. The second-order valence-electron chi connectivity index (χ2n) is 11.3. The maximum atomic E-state index is 12.9. The highest BCUT2D eigenvalue weighted by atomic mass is 16.6. The van der Waals surface area contributed by atoms with Crippen LogP contribution in [0.15, 0.2) is 11.3 Å². The predicted octanol–water partition coefficient (Wildman–Crippen LogP) is 3.63. The Labute approximate surface area is 172 Å². The van der Waals surface area contributed by atoms with Crippen LogP contribution in [-0.4, -0.2) is 17.4 Å². The fraction of sp³-hybridized carbons (Fsp3) is 0.792. The van der Waals surface area contributed by atoms with Gasteiger partial charge in [-0.15, -0.1) is 0 Å². The molecule has 5 unspecified atom stereocenters. The summed E-state index contributed by atoms with van der Waals surface area (Å²) < 4.78 is 6.05. The second kappa shape index (κ2) is 5.07. The Hall–Kier alpha value is -1.83. The number of hydrogen-bond acceptors (Lipinski definition) is 5. The summed E-state index contributed by atoms with van der Waals surface area (Å²) in [4.78, 5) is 25.0. The summed E-state index contributed by atoms with van der Waals surface area (Å²) in [5.74, 6) is 1.44. The van der Waals surface area contributed by atoms with E-state index in [-0.39, 0.29) is 34.1 Å². The zero-order valence-corrected chi connectivity index (χ0v) is 17.4. The Morgan fingerprint density at radius 3 is 2.45 bits per heavy atom. The van der Waals surface area contributed by atoms with Gasteiger partial charge >= 0.3 is 5.97 Å². The molecular weight excluding hydrogens is 364 g/mol. The number of nitrogens with zero attached hydrogens (tertiary/aromatic N) is 1. The molecule has 4 saturated carbocycles. The number of rotatable bonds is 0. The molecule has 29 heavy (non-hydrogen) atoms. The molecule has 1 saturated heterocycles. The van der Waals surface area contributed by atoms with E-state index >= 15 is 0 Å². The molecule has 1 heterocycles. The molecule has 8 atom stereocenters. The number of nitriles is 1. The van der Waals surface area contributed by atoms with Crippen molar-refractivity contribution in [3.63, 3.8) is 0 Å². The van der Waals surface area contributed by atoms with Crippen molar-refractivity contribution in [2.24, 2.45) is 45.7 Å². The first-order chi connectivity index (χ1) is 13.7. The SMILES string of the molecule is CC12CCC3C(C1CC[C@@]21CCC(=O)O1)[C@@H]1C[C@]2(C#N)C(=C1N)C(=O)CCC32C. The fourth-order valence-electron chi connectivity index (χ4n) is 9.47. The van der Waals surface area contributed by atoms with Gasteiger partial charge in [0.1, 0.15) is 5.60 Å². The minimum atomic E-state index is -0.692. The van der Waals surface area contributed by atoms with Crippen LogP contribution in [0, 0.1) is 51.2 Å². The van der Waals surface area contributed by atoms with Gasteiger partial charge in [0, 0.05) is 35.4 Å². The van der Waals surface area contributed by atoms with Gasteiger partial charge in [0.05, 0.1) is 11.5 Å². The van der Waals surface area contributed by atoms with Crippen LogP contribution in [0.3, 0.4) is 0 Å². The van der Waals surface area contributed by atoms with Crippen molar-refractivity contribution < 1.29 is 14.3 Å². The maximum absolute atomic E-state index is 12.9. The number of nitrogens with two attached hydrogens (primary N) is 1. The average molecular weight is 395 g/mol. The normalized spacial score (nSPS) is 54.9. The molecule has 5 heteroatoms. The first-order valence-electron chi connectivity index (χ1n) is 11.4. The first kappa shape index (κ1) is 18.0. The lowest BCUT2D eigenvalue weighted by atomic mass is 9.40. The van der Waals surface area contributed by atoms with Crippen LogP contribution in [0.2, 0.25) is 0 Å². The molecule has 5 aliphatic carbocycles. The van der Waals surface area contributed by atoms with Crippen molar-refractivity contribution >= 4 is 11.8 Å². The molecule has 2 bridgehead atoms. The van der Waals surface area contributed by atoms with Crippen LogP contribution >= 0.6 is 0 Å². The van der Waals surface area contributed by atoms with Crippen LogP contribution in [0.4, 0.5) is 0 Å². The molecule has 2 N–H and O–H groups in total. The predicted molar refractivity (Wildman–Crippen MR) is 105 cm³/mol. The third-order valence-electron chi connectivity index (χ3n) is 10.9. The van der Waals surface area contributed by atoms with E-state index in [1.54, 1.807) is 0 Å². The van der Waals surface area contributed by atoms with Gasteiger partial charge in [-0.1, -0.05) is 13.8 Å². The monoisotopic (exact) mass is 394 g/mol. The highest BCUT2D eigenvalue weighted by Crippen LogP contribution is 2.77. The van der Waals surface area contributed by atoms with Crippen molar-refractivity contribution in [3.05, 3.63) is 11.3 Å². The van der Waals surface area contributed by atoms with E-state index in [4.69, 9.17) is 10.5 Å². The summed E-state index contributed by atoms with van der Waals surface area (Å²) >= 11 is 0. The Bertz CT molecular complexity index is 933. The molecule has 0 aromatic carbocycles. The largest absolute Gasteiger partial charge is 0.458 e. The summed E-state index contributed by atoms with van der Waals surface area (Å²) in [5, 5.41) is 10.4. The molecule has 0 amide bonds. The minimum Gasteiger partial charge on any atom is -0.458 e. The summed E-state index contributed by atoms with van der Waals surface area (Å²) in [6, 6.07) is 2.64. The quantitative estimate of drug-likeness (QED) is 0.633. The Morgan fingerprint density at radius 1 is 1.03 bits per heavy atom. The van der Waals surface area contributed by atoms with E-state index in [0.717, 1.165) is 44.2 Å². The standard InChI is InChI=1S/C24H30N2O3/c1-21-8-5-16(27)19-20(26)13(11-23(19,21)12-25)18-14(21)3-7-22(2)15(18)4-9-24(22)10-6-17(28)29-24/h13-15,18H,3-11,26H2,1-2H3/t13-,14?,15?,18?,21?,22?,23-,24+/m0/s1. The number of ether oxygens (including phenoxy) is 1. The third-order valence-corrected chi connectivity index (χ3v) is 10.9. The van der Waals surface area contributed by atoms with E-state index in [1.807, 2.05) is 0 Å². The number of ketones is 1. The molecule has 0 radical (unpaired) electrons. The van der Waals surface area contributed by atoms with Gasteiger partial charge in [-0.2, -0.15) is 5.26 Å². The van der Waals surface area contributed by atoms with Crippen molar-refractivity contribution in [2.45, 2.75) is 77.2 Å². The molecule has 0 aromatic rings. The average Bonchev–Trinajstić information content (AvgIpc) is 3.31. The van der Waals surface area contributed by atoms with Crippen LogP contribution in [0.5, 0.6) is 0 Å². The number of Topliss-reactive ketones (excluding diaryl/α,β-unsaturated/α-hetero) is 1. The lowest BCUT2D eigenvalue weighted by Crippen LogP contribution is -2.60. The summed E-state index contributed by atoms with van der Waals surface area (Å²) in [7, 11) is 0. The Morgan fingerprint density at radius 2 is 1.76 bits per heavy atom. The fourth-order valence-corrected chi connectivity index (χ4v) is 9.47. The van der Waals surface area contributed by atoms with Gasteiger partial charge in [-0.25, -0.2) is 0 Å². The minimum absolute atomic E-state index is 0.0189. The first-order valence-corrected chi connectivity index (χ1v) is 11.4. The molecule has 0 aromatic heterocycles. The van der Waals surface area contributed by atoms with Gasteiger partial charge in [0.2, 0.25) is 0 Å². The smallest absolute Gasteiger partial charge is 0.306 e. The lowest BCUT2D eigenvalue weighted by molar-refractivity contribution is -0.179. The lowest BCUT2D eigenvalue weighted by Gasteiger charge is -2.63. The van der Waals surface area contributed by atoms with Crippen molar-refractivity contribution in [3.8, 4) is 6.07 Å². The number of esters is 1. The molecule has 1 spiro atoms. The molecule has 6 aliphatic rings. The van der Waals surface area contributed by atoms with Crippen molar-refractivity contribution in [1.82, 2.24) is 0 Å². The van der Waals surface area contributed by atoms with Crippen LogP contribution in [0.25, 0.3) is 0 Å². The van der Waals surface area contributed by atoms with E-state index in [2.05, 4.69) is 19.9 Å². The van der Waals surface area contributed by atoms with Crippen molar-refractivity contribution in [2.75, 3.05) is 0 Å². The van der Waals surface area contributed by atoms with E-state index in [1.165, 1.54) is 0 Å². The third kappa shape index (κ3) is 1.69. The van der Waals surface area contributed by atoms with Gasteiger partial charge in [-0.05, 0) is 68.1 Å². The van der Waals surface area contributed by atoms with E-state index in [9.17, 15) is 14.9 Å². The van der Waals surface area contributed by atoms with Crippen molar-refractivity contribution in [1.29, 1.82) is 5.26 Å². The summed E-state index contributed by atoms with van der Waals surface area (Å²) in [6.45, 7) is 4.63. The van der Waals surface area contributed by atoms with Crippen LogP contribution < -0.4 is 5.73 Å². The van der Waals surface area contributed by atoms with Gasteiger partial charge in [0.15, 0.2) is 5.78 Å². The number of carbonyl (C=O) groups is 2. The van der Waals surface area contributed by atoms with Gasteiger partial charge in [0.25, 0.3) is 0 Å². The maximum Gasteiger partial charge on any atom is 0.306 e. The molecular formula is C24H30N2O3. The number of allylic oxidation sites excluding steroid dienone is 2. The van der Waals surface area contributed by atoms with E-state index in [0.29, 0.717) is 42.6 Å². The van der Waals surface area contributed by atoms with E-state index < -0.39 is 5.41 Å². The molecule has 1 aliphatic heterocycles. The summed E-state index contributed by atoms with van der Waals surface area (Å²) in [5.41, 5.74) is 6.90. The van der Waals surface area contributed by atoms with Gasteiger partial charge < -0.3 is 10.5 Å². The molecule has 5 fully saturated rings. The van der Waals surface area contributed by atoms with Crippen LogP contribution in [-0.2, 0) is 14.3 Å². The second-order valence-corrected chi connectivity index (χ2v) is 11.3. The highest BCUT2D eigenvalue weighted by Gasteiger charge is 2.74. The highest BCUT2D eigenvalue weighted by molar-refractivity contribution is 6.00. The number of carbonyl (C=O) groups excluding carboxylic acids is 2.